The van der Waals surface area contributed by atoms with Gasteiger partial charge in [0.1, 0.15) is 10.9 Å². The predicted molar refractivity (Wildman–Crippen MR) is 104 cm³/mol. The first-order valence-electron chi connectivity index (χ1n) is 9.63. The highest BCUT2D eigenvalue weighted by Gasteiger charge is 2.69. The third kappa shape index (κ3) is 2.71. The van der Waals surface area contributed by atoms with E-state index in [1.807, 2.05) is 0 Å². The van der Waals surface area contributed by atoms with Crippen LogP contribution < -0.4 is 5.73 Å². The van der Waals surface area contributed by atoms with E-state index in [4.69, 9.17) is 17.3 Å². The molecule has 2 saturated carbocycles. The van der Waals surface area contributed by atoms with Crippen LogP contribution in [-0.2, 0) is 25.6 Å². The van der Waals surface area contributed by atoms with Crippen LogP contribution in [0.5, 0.6) is 5.75 Å². The van der Waals surface area contributed by atoms with Crippen molar-refractivity contribution in [1.82, 2.24) is 9.88 Å². The summed E-state index contributed by atoms with van der Waals surface area (Å²) in [7, 11) is 3.04. The molecule has 1 aromatic rings. The zero-order valence-electron chi connectivity index (χ0n) is 16.7. The Morgan fingerprint density at radius 1 is 1.26 bits per heavy atom. The first-order chi connectivity index (χ1) is 14.4. The molecule has 0 saturated heterocycles. The number of hydrogen-bond donors (Lipinski definition) is 3. The van der Waals surface area contributed by atoms with Crippen LogP contribution in [0.4, 0.5) is 0 Å². The number of aromatic hydroxyl groups is 1. The van der Waals surface area contributed by atoms with Crippen LogP contribution in [0.25, 0.3) is 0 Å². The van der Waals surface area contributed by atoms with E-state index < -0.39 is 70.1 Å². The number of rotatable bonds is 2. The number of amides is 1. The SMILES string of the molecule is CN(C)[C@@H]1C(=O)C(C(N)=O)C(=O)[C@@]2(O)C(=O)C3C(=O)c4c(O)cnc(Cl)c4C[C@H]3C[C@@H]12. The molecule has 0 radical (unpaired) electrons. The second kappa shape index (κ2) is 6.91. The van der Waals surface area contributed by atoms with Gasteiger partial charge in [-0.15, -0.1) is 0 Å². The Morgan fingerprint density at radius 2 is 1.90 bits per heavy atom. The fraction of sp³-hybridized carbons (Fsp3) is 0.500. The molecular weight excluding hydrogens is 430 g/mol. The Morgan fingerprint density at radius 3 is 2.48 bits per heavy atom. The molecule has 4 rings (SSSR count). The van der Waals surface area contributed by atoms with E-state index >= 15 is 0 Å². The van der Waals surface area contributed by atoms with Crippen molar-refractivity contribution in [3.8, 4) is 5.75 Å². The molecule has 2 fully saturated rings. The molecule has 4 N–H and O–H groups in total. The van der Waals surface area contributed by atoms with E-state index in [2.05, 4.69) is 4.98 Å². The van der Waals surface area contributed by atoms with Gasteiger partial charge in [-0.1, -0.05) is 11.6 Å². The second-order valence-corrected chi connectivity index (χ2v) is 8.94. The summed E-state index contributed by atoms with van der Waals surface area (Å²) in [6.07, 6.45) is 1.04. The van der Waals surface area contributed by atoms with Gasteiger partial charge in [0, 0.05) is 11.5 Å². The smallest absolute Gasteiger partial charge is 0.235 e. The van der Waals surface area contributed by atoms with Crippen LogP contribution in [0.15, 0.2) is 6.20 Å². The molecule has 1 aromatic heterocycles. The van der Waals surface area contributed by atoms with Gasteiger partial charge in [-0.25, -0.2) is 4.98 Å². The number of carbonyl (C=O) groups is 5. The van der Waals surface area contributed by atoms with E-state index in [0.717, 1.165) is 6.20 Å². The molecule has 31 heavy (non-hydrogen) atoms. The summed E-state index contributed by atoms with van der Waals surface area (Å²) in [6, 6.07) is -1.14. The lowest BCUT2D eigenvalue weighted by Gasteiger charge is -2.52. The summed E-state index contributed by atoms with van der Waals surface area (Å²) in [4.78, 5) is 69.8. The number of likely N-dealkylation sites (N-methyl/N-ethyl adjacent to an activating group) is 1. The third-order valence-electron chi connectivity index (χ3n) is 6.76. The van der Waals surface area contributed by atoms with E-state index in [0.29, 0.717) is 0 Å². The van der Waals surface area contributed by atoms with Crippen LogP contribution in [0.2, 0.25) is 5.15 Å². The Kier molecular flexibility index (Phi) is 4.80. The number of halogens is 1. The molecule has 1 heterocycles. The van der Waals surface area contributed by atoms with Crippen LogP contribution in [0.1, 0.15) is 22.3 Å². The Bertz CT molecular complexity index is 1070. The summed E-state index contributed by atoms with van der Waals surface area (Å²) < 4.78 is 0. The summed E-state index contributed by atoms with van der Waals surface area (Å²) >= 11 is 6.11. The average molecular weight is 450 g/mol. The van der Waals surface area contributed by atoms with Crippen molar-refractivity contribution in [2.75, 3.05) is 14.1 Å². The number of pyridine rings is 1. The number of ketones is 4. The number of carbonyl (C=O) groups excluding carboxylic acids is 5. The van der Waals surface area contributed by atoms with Gasteiger partial charge in [0.05, 0.1) is 23.7 Å². The minimum atomic E-state index is -2.73. The number of primary amides is 1. The van der Waals surface area contributed by atoms with Gasteiger partial charge in [0.2, 0.25) is 5.91 Å². The zero-order chi connectivity index (χ0) is 23.0. The van der Waals surface area contributed by atoms with E-state index in [-0.39, 0.29) is 29.1 Å². The largest absolute Gasteiger partial charge is 0.506 e. The van der Waals surface area contributed by atoms with Crippen LogP contribution in [0, 0.1) is 23.7 Å². The molecule has 2 unspecified atom stereocenters. The monoisotopic (exact) mass is 449 g/mol. The minimum Gasteiger partial charge on any atom is -0.506 e. The van der Waals surface area contributed by atoms with Crippen molar-refractivity contribution in [1.29, 1.82) is 0 Å². The predicted octanol–water partition coefficient (Wildman–Crippen LogP) is -1.08. The molecule has 0 spiro atoms. The number of fused-ring (bicyclic) bond motifs is 3. The van der Waals surface area contributed by atoms with Gasteiger partial charge in [-0.05, 0) is 32.9 Å². The third-order valence-corrected chi connectivity index (χ3v) is 7.09. The molecule has 3 aliphatic carbocycles. The average Bonchev–Trinajstić information content (AvgIpc) is 2.67. The van der Waals surface area contributed by atoms with Gasteiger partial charge in [-0.3, -0.25) is 28.9 Å². The maximum absolute atomic E-state index is 13.5. The molecular formula is C20H20ClN3O7. The van der Waals surface area contributed by atoms with Crippen molar-refractivity contribution < 1.29 is 34.2 Å². The lowest BCUT2D eigenvalue weighted by atomic mass is 9.52. The fourth-order valence-electron chi connectivity index (χ4n) is 5.46. The highest BCUT2D eigenvalue weighted by molar-refractivity contribution is 6.33. The number of nitrogens with two attached hydrogens (primary N) is 1. The standard InChI is InChI=1S/C20H20ClN3O7/c1-24(2)13-8-4-6-3-7-11(9(25)5-23-18(7)21)14(26)10(6)16(28)20(8,31)17(29)12(15(13)27)19(22)30/h5-6,8,10,12-13,25,31H,3-4H2,1-2H3,(H2,22,30)/t6-,8-,10?,12?,13-,20-/m0/s1. The van der Waals surface area contributed by atoms with Crippen molar-refractivity contribution in [3.05, 3.63) is 22.5 Å². The molecule has 0 aromatic carbocycles. The van der Waals surface area contributed by atoms with Crippen LogP contribution >= 0.6 is 11.6 Å². The molecule has 10 nitrogen and oxygen atoms in total. The maximum atomic E-state index is 13.5. The molecule has 0 aliphatic heterocycles. The quantitative estimate of drug-likeness (QED) is 0.375. The van der Waals surface area contributed by atoms with Gasteiger partial charge in [0.15, 0.2) is 34.7 Å². The summed E-state index contributed by atoms with van der Waals surface area (Å²) in [5.41, 5.74) is 2.62. The summed E-state index contributed by atoms with van der Waals surface area (Å²) in [6.45, 7) is 0. The molecule has 6 atom stereocenters. The first kappa shape index (κ1) is 21.5. The summed E-state index contributed by atoms with van der Waals surface area (Å²) in [5, 5.41) is 21.5. The van der Waals surface area contributed by atoms with Crippen molar-refractivity contribution in [2.45, 2.75) is 24.5 Å². The maximum Gasteiger partial charge on any atom is 0.235 e. The topological polar surface area (TPSA) is 168 Å². The lowest BCUT2D eigenvalue weighted by Crippen LogP contribution is -2.74. The Balaban J connectivity index is 1.88. The lowest BCUT2D eigenvalue weighted by molar-refractivity contribution is -0.181. The van der Waals surface area contributed by atoms with Crippen molar-refractivity contribution >= 4 is 40.6 Å². The van der Waals surface area contributed by atoms with Gasteiger partial charge in [-0.2, -0.15) is 0 Å². The molecule has 3 aliphatic rings. The first-order valence-corrected chi connectivity index (χ1v) is 10.0. The fourth-order valence-corrected chi connectivity index (χ4v) is 5.68. The highest BCUT2D eigenvalue weighted by atomic mass is 35.5. The van der Waals surface area contributed by atoms with Gasteiger partial charge in [0.25, 0.3) is 0 Å². The second-order valence-electron chi connectivity index (χ2n) is 8.58. The molecule has 0 bridgehead atoms. The van der Waals surface area contributed by atoms with E-state index in [1.165, 1.54) is 19.0 Å². The van der Waals surface area contributed by atoms with Crippen molar-refractivity contribution in [2.24, 2.45) is 29.4 Å². The number of Topliss-reactive ketones (excluding diaryl/α,β-unsaturated/α-hetero) is 4. The van der Waals surface area contributed by atoms with Crippen molar-refractivity contribution in [3.63, 3.8) is 0 Å². The molecule has 11 heteroatoms. The minimum absolute atomic E-state index is 0.00151. The number of hydrogen-bond acceptors (Lipinski definition) is 9. The highest BCUT2D eigenvalue weighted by Crippen LogP contribution is 2.51. The van der Waals surface area contributed by atoms with Gasteiger partial charge >= 0.3 is 0 Å². The number of aromatic nitrogens is 1. The number of aliphatic hydroxyl groups is 1. The van der Waals surface area contributed by atoms with Gasteiger partial charge < -0.3 is 15.9 Å². The Labute approximate surface area is 181 Å². The van der Waals surface area contributed by atoms with E-state index in [9.17, 15) is 34.2 Å². The number of nitrogens with zero attached hydrogens (tertiary/aromatic N) is 2. The Hall–Kier alpha value is -2.69. The zero-order valence-corrected chi connectivity index (χ0v) is 17.4. The van der Waals surface area contributed by atoms with Crippen LogP contribution in [-0.4, -0.2) is 74.9 Å². The normalized spacial score (nSPS) is 34.9. The summed E-state index contributed by atoms with van der Waals surface area (Å²) in [5.74, 6) is -11.0. The van der Waals surface area contributed by atoms with E-state index in [1.54, 1.807) is 0 Å². The molecule has 164 valence electrons. The van der Waals surface area contributed by atoms with Crippen LogP contribution in [0.3, 0.4) is 0 Å². The molecule has 1 amide bonds.